The first-order valence-corrected chi connectivity index (χ1v) is 8.94. The second-order valence-corrected chi connectivity index (χ2v) is 7.62. The van der Waals surface area contributed by atoms with Gasteiger partial charge in [0.15, 0.2) is 0 Å². The zero-order chi connectivity index (χ0) is 14.6. The molecule has 0 aromatic rings. The van der Waals surface area contributed by atoms with Gasteiger partial charge >= 0.3 is 0 Å². The van der Waals surface area contributed by atoms with Crippen LogP contribution in [0.2, 0.25) is 0 Å². The lowest BCUT2D eigenvalue weighted by Crippen LogP contribution is -2.39. The summed E-state index contributed by atoms with van der Waals surface area (Å²) in [6.45, 7) is 10.3. The highest BCUT2D eigenvalue weighted by atomic mass is 16.5. The summed E-state index contributed by atoms with van der Waals surface area (Å²) < 4.78 is 6.55. The predicted molar refractivity (Wildman–Crippen MR) is 86.1 cm³/mol. The Morgan fingerprint density at radius 3 is 2.35 bits per heavy atom. The van der Waals surface area contributed by atoms with E-state index in [0.717, 1.165) is 6.54 Å². The van der Waals surface area contributed by atoms with E-state index in [1.54, 1.807) is 0 Å². The number of nitrogens with one attached hydrogen (secondary N) is 1. The van der Waals surface area contributed by atoms with Crippen molar-refractivity contribution in [1.82, 2.24) is 5.32 Å². The minimum atomic E-state index is 0.295. The second-order valence-electron chi connectivity index (χ2n) is 7.62. The highest BCUT2D eigenvalue weighted by molar-refractivity contribution is 4.95. The molecule has 1 heterocycles. The summed E-state index contributed by atoms with van der Waals surface area (Å²) in [5.41, 5.74) is 0.725. The molecule has 1 aliphatic carbocycles. The fourth-order valence-electron chi connectivity index (χ4n) is 4.19. The standard InChI is InChI=1S/C18H35NO/c1-5-17(6-2,14-19-15(3)4)13-16-9-12-18(20-16)10-7-8-11-18/h15-16,19H,5-14H2,1-4H3. The second kappa shape index (κ2) is 6.79. The molecule has 1 spiro atoms. The van der Waals surface area contributed by atoms with Gasteiger partial charge in [0, 0.05) is 12.6 Å². The summed E-state index contributed by atoms with van der Waals surface area (Å²) in [6.07, 6.45) is 12.3. The van der Waals surface area contributed by atoms with E-state index in [2.05, 4.69) is 33.0 Å². The largest absolute Gasteiger partial charge is 0.372 e. The van der Waals surface area contributed by atoms with Crippen LogP contribution in [-0.2, 0) is 4.74 Å². The fourth-order valence-corrected chi connectivity index (χ4v) is 4.19. The number of rotatable bonds is 7. The molecule has 1 saturated heterocycles. The summed E-state index contributed by atoms with van der Waals surface area (Å²) in [7, 11) is 0. The van der Waals surface area contributed by atoms with Crippen molar-refractivity contribution < 1.29 is 4.74 Å². The van der Waals surface area contributed by atoms with Crippen LogP contribution in [0.5, 0.6) is 0 Å². The van der Waals surface area contributed by atoms with Crippen LogP contribution in [0.4, 0.5) is 0 Å². The van der Waals surface area contributed by atoms with E-state index in [1.165, 1.54) is 57.8 Å². The van der Waals surface area contributed by atoms with Crippen LogP contribution < -0.4 is 5.32 Å². The third kappa shape index (κ3) is 3.76. The van der Waals surface area contributed by atoms with E-state index in [1.807, 2.05) is 0 Å². The van der Waals surface area contributed by atoms with Crippen LogP contribution in [0.15, 0.2) is 0 Å². The average Bonchev–Trinajstić information content (AvgIpc) is 3.05. The maximum Gasteiger partial charge on any atom is 0.0687 e. The van der Waals surface area contributed by atoms with Crippen molar-refractivity contribution in [2.24, 2.45) is 5.41 Å². The van der Waals surface area contributed by atoms with Crippen molar-refractivity contribution in [3.8, 4) is 0 Å². The fraction of sp³-hybridized carbons (Fsp3) is 1.00. The Bertz CT molecular complexity index is 290. The van der Waals surface area contributed by atoms with Crippen LogP contribution in [0.3, 0.4) is 0 Å². The van der Waals surface area contributed by atoms with E-state index >= 15 is 0 Å². The predicted octanol–water partition coefficient (Wildman–Crippen LogP) is 4.67. The monoisotopic (exact) mass is 281 g/mol. The minimum Gasteiger partial charge on any atom is -0.372 e. The van der Waals surface area contributed by atoms with Crippen LogP contribution in [-0.4, -0.2) is 24.3 Å². The van der Waals surface area contributed by atoms with Crippen molar-refractivity contribution in [3.05, 3.63) is 0 Å². The molecule has 0 aromatic carbocycles. The summed E-state index contributed by atoms with van der Waals surface area (Å²) in [6, 6.07) is 0.582. The van der Waals surface area contributed by atoms with Gasteiger partial charge in [0.05, 0.1) is 11.7 Å². The smallest absolute Gasteiger partial charge is 0.0687 e. The molecular weight excluding hydrogens is 246 g/mol. The SMILES string of the molecule is CCC(CC)(CNC(C)C)CC1CCC2(CCCC2)O1. The maximum atomic E-state index is 6.55. The van der Waals surface area contributed by atoms with Gasteiger partial charge in [-0.3, -0.25) is 0 Å². The molecule has 1 unspecified atom stereocenters. The van der Waals surface area contributed by atoms with Crippen molar-refractivity contribution in [2.45, 2.75) is 103 Å². The van der Waals surface area contributed by atoms with Crippen molar-refractivity contribution in [2.75, 3.05) is 6.54 Å². The Labute approximate surface area is 126 Å². The Kier molecular flexibility index (Phi) is 5.53. The molecule has 2 aliphatic rings. The Hall–Kier alpha value is -0.0800. The first-order chi connectivity index (χ1) is 9.53. The molecule has 1 atom stereocenters. The van der Waals surface area contributed by atoms with Gasteiger partial charge in [0.1, 0.15) is 0 Å². The first kappa shape index (κ1) is 16.3. The van der Waals surface area contributed by atoms with Crippen LogP contribution in [0, 0.1) is 5.41 Å². The highest BCUT2D eigenvalue weighted by Gasteiger charge is 2.44. The summed E-state index contributed by atoms with van der Waals surface area (Å²) in [5, 5.41) is 3.67. The third-order valence-electron chi connectivity index (χ3n) is 5.90. The molecule has 118 valence electrons. The minimum absolute atomic E-state index is 0.295. The molecule has 1 aliphatic heterocycles. The molecule has 1 saturated carbocycles. The van der Waals surface area contributed by atoms with Crippen LogP contribution >= 0.6 is 0 Å². The zero-order valence-electron chi connectivity index (χ0n) is 14.1. The first-order valence-electron chi connectivity index (χ1n) is 8.94. The topological polar surface area (TPSA) is 21.3 Å². The third-order valence-corrected chi connectivity index (χ3v) is 5.90. The van der Waals surface area contributed by atoms with E-state index in [4.69, 9.17) is 4.74 Å². The average molecular weight is 281 g/mol. The van der Waals surface area contributed by atoms with E-state index in [0.29, 0.717) is 23.2 Å². The number of ether oxygens (including phenoxy) is 1. The Morgan fingerprint density at radius 1 is 1.15 bits per heavy atom. The van der Waals surface area contributed by atoms with Crippen molar-refractivity contribution >= 4 is 0 Å². The van der Waals surface area contributed by atoms with Gasteiger partial charge < -0.3 is 10.1 Å². The van der Waals surface area contributed by atoms with Crippen molar-refractivity contribution in [1.29, 1.82) is 0 Å². The molecule has 2 fully saturated rings. The molecule has 0 bridgehead atoms. The molecule has 20 heavy (non-hydrogen) atoms. The van der Waals surface area contributed by atoms with Gasteiger partial charge in [0.2, 0.25) is 0 Å². The lowest BCUT2D eigenvalue weighted by molar-refractivity contribution is -0.0547. The molecule has 2 nitrogen and oxygen atoms in total. The molecule has 1 N–H and O–H groups in total. The van der Waals surface area contributed by atoms with Gasteiger partial charge in [-0.2, -0.15) is 0 Å². The van der Waals surface area contributed by atoms with Crippen LogP contribution in [0.25, 0.3) is 0 Å². The molecule has 2 rings (SSSR count). The van der Waals surface area contributed by atoms with E-state index in [-0.39, 0.29) is 0 Å². The zero-order valence-corrected chi connectivity index (χ0v) is 14.1. The lowest BCUT2D eigenvalue weighted by atomic mass is 9.76. The van der Waals surface area contributed by atoms with Gasteiger partial charge in [-0.1, -0.05) is 40.5 Å². The highest BCUT2D eigenvalue weighted by Crippen LogP contribution is 2.46. The summed E-state index contributed by atoms with van der Waals surface area (Å²) >= 11 is 0. The van der Waals surface area contributed by atoms with E-state index in [9.17, 15) is 0 Å². The van der Waals surface area contributed by atoms with Gasteiger partial charge in [-0.15, -0.1) is 0 Å². The quantitative estimate of drug-likeness (QED) is 0.732. The van der Waals surface area contributed by atoms with E-state index < -0.39 is 0 Å². The maximum absolute atomic E-state index is 6.55. The molecular formula is C18H35NO. The Balaban J connectivity index is 1.91. The van der Waals surface area contributed by atoms with Crippen LogP contribution in [0.1, 0.15) is 85.5 Å². The van der Waals surface area contributed by atoms with Gasteiger partial charge in [0.25, 0.3) is 0 Å². The Morgan fingerprint density at radius 2 is 1.80 bits per heavy atom. The summed E-state index contributed by atoms with van der Waals surface area (Å²) in [5.74, 6) is 0. The lowest BCUT2D eigenvalue weighted by Gasteiger charge is -2.36. The molecule has 0 radical (unpaired) electrons. The molecule has 2 heteroatoms. The number of hydrogen-bond acceptors (Lipinski definition) is 2. The molecule has 0 aromatic heterocycles. The number of hydrogen-bond donors (Lipinski definition) is 1. The van der Waals surface area contributed by atoms with Gasteiger partial charge in [-0.05, 0) is 50.4 Å². The summed E-state index contributed by atoms with van der Waals surface area (Å²) in [4.78, 5) is 0. The van der Waals surface area contributed by atoms with Gasteiger partial charge in [-0.25, -0.2) is 0 Å². The normalized spacial score (nSPS) is 25.9. The van der Waals surface area contributed by atoms with Crippen molar-refractivity contribution in [3.63, 3.8) is 0 Å². The molecule has 0 amide bonds.